The van der Waals surface area contributed by atoms with Crippen LogP contribution < -0.4 is 11.2 Å². The first-order valence-corrected chi connectivity index (χ1v) is 9.05. The highest BCUT2D eigenvalue weighted by Gasteiger charge is 2.43. The fraction of sp³-hybridized carbons (Fsp3) is 0.412. The number of ether oxygens (including phenoxy) is 1. The Bertz CT molecular complexity index is 878. The predicted molar refractivity (Wildman–Crippen MR) is 95.1 cm³/mol. The van der Waals surface area contributed by atoms with Crippen molar-refractivity contribution >= 4 is 11.8 Å². The number of aliphatic hydroxyl groups excluding tert-OH is 3. The number of aryl methyl sites for hydroxylation is 1. The van der Waals surface area contributed by atoms with Gasteiger partial charge in [-0.2, -0.15) is 0 Å². The number of aliphatic hydroxyl groups is 3. The molecule has 1 aliphatic heterocycles. The quantitative estimate of drug-likeness (QED) is 0.527. The van der Waals surface area contributed by atoms with E-state index in [1.54, 1.807) is 0 Å². The summed E-state index contributed by atoms with van der Waals surface area (Å²) in [6.07, 6.45) is -3.58. The minimum atomic E-state index is -1.40. The molecule has 9 heteroatoms. The number of rotatable bonds is 5. The minimum absolute atomic E-state index is 0.313. The third-order valence-electron chi connectivity index (χ3n) is 4.25. The zero-order valence-corrected chi connectivity index (χ0v) is 14.8. The van der Waals surface area contributed by atoms with Crippen LogP contribution in [0.25, 0.3) is 0 Å². The second-order valence-electron chi connectivity index (χ2n) is 6.15. The molecule has 1 aromatic carbocycles. The van der Waals surface area contributed by atoms with Gasteiger partial charge in [-0.15, -0.1) is 11.8 Å². The smallest absolute Gasteiger partial charge is 0.330 e. The molecule has 3 rings (SSSR count). The van der Waals surface area contributed by atoms with Gasteiger partial charge in [-0.1, -0.05) is 17.7 Å². The number of hydrogen-bond acceptors (Lipinski definition) is 7. The molecule has 0 saturated carbocycles. The van der Waals surface area contributed by atoms with Crippen LogP contribution in [0.4, 0.5) is 0 Å². The summed E-state index contributed by atoms with van der Waals surface area (Å²) >= 11 is 1.43. The topological polar surface area (TPSA) is 125 Å². The standard InChI is InChI=1S/C17H20N2O6S/c1-9-2-4-11(5-3-9)26-8-10-6-19(17(24)18-15(10)23)16-14(22)13(21)12(7-20)25-16/h2-6,12-14,16,20-22H,7-8H2,1H3,(H,18,23,24)/t12-,13+,14-,16+/m0/s1. The van der Waals surface area contributed by atoms with E-state index in [2.05, 4.69) is 4.98 Å². The average molecular weight is 380 g/mol. The van der Waals surface area contributed by atoms with Crippen LogP contribution in [0, 0.1) is 6.92 Å². The summed E-state index contributed by atoms with van der Waals surface area (Å²) in [6, 6.07) is 7.81. The number of benzene rings is 1. The van der Waals surface area contributed by atoms with Crippen LogP contribution in [0.1, 0.15) is 17.4 Å². The van der Waals surface area contributed by atoms with E-state index in [1.165, 1.54) is 18.0 Å². The van der Waals surface area contributed by atoms with Gasteiger partial charge < -0.3 is 20.1 Å². The molecule has 8 nitrogen and oxygen atoms in total. The van der Waals surface area contributed by atoms with E-state index in [0.29, 0.717) is 11.3 Å². The average Bonchev–Trinajstić information content (AvgIpc) is 2.90. The summed E-state index contributed by atoms with van der Waals surface area (Å²) in [4.78, 5) is 27.4. The fourth-order valence-electron chi connectivity index (χ4n) is 2.72. The highest BCUT2D eigenvalue weighted by atomic mass is 32.2. The molecule has 1 fully saturated rings. The van der Waals surface area contributed by atoms with Crippen molar-refractivity contribution in [1.29, 1.82) is 0 Å². The molecule has 0 bridgehead atoms. The van der Waals surface area contributed by atoms with E-state index in [0.717, 1.165) is 15.0 Å². The van der Waals surface area contributed by atoms with Gasteiger partial charge in [-0.3, -0.25) is 14.3 Å². The predicted octanol–water partition coefficient (Wildman–Crippen LogP) is -0.251. The Morgan fingerprint density at radius 3 is 2.50 bits per heavy atom. The van der Waals surface area contributed by atoms with E-state index < -0.39 is 42.4 Å². The largest absolute Gasteiger partial charge is 0.394 e. The van der Waals surface area contributed by atoms with E-state index >= 15 is 0 Å². The van der Waals surface area contributed by atoms with Crippen LogP contribution in [0.5, 0.6) is 0 Å². The van der Waals surface area contributed by atoms with Crippen molar-refractivity contribution in [3.63, 3.8) is 0 Å². The highest BCUT2D eigenvalue weighted by Crippen LogP contribution is 2.28. The SMILES string of the molecule is Cc1ccc(SCc2cn([C@@H]3O[C@@H](CO)[C@@H](O)[C@@H]3O)c(=O)[nH]c2=O)cc1. The van der Waals surface area contributed by atoms with Gasteiger partial charge in [0.15, 0.2) is 6.23 Å². The molecule has 0 aliphatic carbocycles. The zero-order chi connectivity index (χ0) is 18.8. The minimum Gasteiger partial charge on any atom is -0.394 e. The Balaban J connectivity index is 1.84. The first-order chi connectivity index (χ1) is 12.4. The summed E-state index contributed by atoms with van der Waals surface area (Å²) in [7, 11) is 0. The normalized spacial score (nSPS) is 25.5. The first kappa shape index (κ1) is 18.9. The van der Waals surface area contributed by atoms with Crippen molar-refractivity contribution in [2.45, 2.75) is 42.1 Å². The third kappa shape index (κ3) is 3.76. The Kier molecular flexibility index (Phi) is 5.64. The van der Waals surface area contributed by atoms with E-state index in [-0.39, 0.29) is 0 Å². The summed E-state index contributed by atoms with van der Waals surface area (Å²) in [5.41, 5.74) is 0.185. The Labute approximate surface area is 153 Å². The number of thioether (sulfide) groups is 1. The number of aromatic amines is 1. The molecule has 1 aliphatic rings. The number of nitrogens with one attached hydrogen (secondary N) is 1. The van der Waals surface area contributed by atoms with E-state index in [9.17, 15) is 24.9 Å². The highest BCUT2D eigenvalue weighted by molar-refractivity contribution is 7.98. The van der Waals surface area contributed by atoms with Gasteiger partial charge in [0, 0.05) is 22.4 Å². The maximum atomic E-state index is 12.1. The number of H-pyrrole nitrogens is 1. The number of aromatic nitrogens is 2. The number of hydrogen-bond donors (Lipinski definition) is 4. The van der Waals surface area contributed by atoms with Crippen LogP contribution in [-0.4, -0.2) is 49.8 Å². The van der Waals surface area contributed by atoms with Crippen LogP contribution >= 0.6 is 11.8 Å². The lowest BCUT2D eigenvalue weighted by molar-refractivity contribution is -0.0551. The van der Waals surface area contributed by atoms with E-state index in [1.807, 2.05) is 31.2 Å². The maximum absolute atomic E-state index is 12.1. The first-order valence-electron chi connectivity index (χ1n) is 8.07. The van der Waals surface area contributed by atoms with Crippen molar-refractivity contribution in [2.75, 3.05) is 6.61 Å². The molecule has 1 saturated heterocycles. The molecule has 1 aromatic heterocycles. The van der Waals surface area contributed by atoms with Crippen LogP contribution in [0.3, 0.4) is 0 Å². The van der Waals surface area contributed by atoms with Crippen molar-refractivity contribution in [2.24, 2.45) is 0 Å². The summed E-state index contributed by atoms with van der Waals surface area (Å²) < 4.78 is 6.39. The Hall–Kier alpha value is -1.91. The molecule has 140 valence electrons. The molecule has 0 spiro atoms. The maximum Gasteiger partial charge on any atom is 0.330 e. The molecule has 4 atom stereocenters. The van der Waals surface area contributed by atoms with Gasteiger partial charge >= 0.3 is 5.69 Å². The lowest BCUT2D eigenvalue weighted by atomic mass is 10.1. The van der Waals surface area contributed by atoms with Crippen molar-refractivity contribution in [3.8, 4) is 0 Å². The van der Waals surface area contributed by atoms with Crippen LogP contribution in [0.15, 0.2) is 44.9 Å². The monoisotopic (exact) mass is 380 g/mol. The van der Waals surface area contributed by atoms with Gasteiger partial charge in [0.25, 0.3) is 5.56 Å². The lowest BCUT2D eigenvalue weighted by Gasteiger charge is -2.18. The molecule has 4 N–H and O–H groups in total. The molecule has 0 amide bonds. The fourth-order valence-corrected chi connectivity index (χ4v) is 3.58. The Morgan fingerprint density at radius 2 is 1.88 bits per heavy atom. The molecular formula is C17H20N2O6S. The van der Waals surface area contributed by atoms with Gasteiger partial charge in [-0.05, 0) is 19.1 Å². The van der Waals surface area contributed by atoms with Gasteiger partial charge in [0.05, 0.1) is 6.61 Å². The van der Waals surface area contributed by atoms with Crippen molar-refractivity contribution in [3.05, 3.63) is 62.4 Å². The van der Waals surface area contributed by atoms with E-state index in [4.69, 9.17) is 4.74 Å². The molecule has 0 unspecified atom stereocenters. The van der Waals surface area contributed by atoms with Crippen molar-refractivity contribution < 1.29 is 20.1 Å². The summed E-state index contributed by atoms with van der Waals surface area (Å²) in [6.45, 7) is 1.49. The molecule has 2 heterocycles. The number of nitrogens with zero attached hydrogens (tertiary/aromatic N) is 1. The second kappa shape index (κ2) is 7.77. The van der Waals surface area contributed by atoms with Gasteiger partial charge in [0.2, 0.25) is 0 Å². The Morgan fingerprint density at radius 1 is 1.19 bits per heavy atom. The zero-order valence-electron chi connectivity index (χ0n) is 14.0. The van der Waals surface area contributed by atoms with Crippen molar-refractivity contribution in [1.82, 2.24) is 9.55 Å². The van der Waals surface area contributed by atoms with Gasteiger partial charge in [-0.25, -0.2) is 4.79 Å². The molecule has 0 radical (unpaired) electrons. The third-order valence-corrected chi connectivity index (χ3v) is 5.31. The van der Waals surface area contributed by atoms with Crippen LogP contribution in [0.2, 0.25) is 0 Å². The van der Waals surface area contributed by atoms with Gasteiger partial charge in [0.1, 0.15) is 18.3 Å². The molecule has 26 heavy (non-hydrogen) atoms. The van der Waals surface area contributed by atoms with Crippen LogP contribution in [-0.2, 0) is 10.5 Å². The lowest BCUT2D eigenvalue weighted by Crippen LogP contribution is -2.38. The molecular weight excluding hydrogens is 360 g/mol. The summed E-state index contributed by atoms with van der Waals surface area (Å²) in [5.74, 6) is 0.313. The second-order valence-corrected chi connectivity index (χ2v) is 7.20. The molecule has 2 aromatic rings. The summed E-state index contributed by atoms with van der Waals surface area (Å²) in [5, 5.41) is 29.1.